The van der Waals surface area contributed by atoms with Crippen LogP contribution in [-0.4, -0.2) is 15.7 Å². The van der Waals surface area contributed by atoms with Gasteiger partial charge in [0.05, 0.1) is 17.7 Å². The first-order chi connectivity index (χ1) is 11.7. The zero-order valence-corrected chi connectivity index (χ0v) is 14.5. The van der Waals surface area contributed by atoms with Crippen molar-refractivity contribution in [3.63, 3.8) is 0 Å². The number of hydrogen-bond acceptors (Lipinski definition) is 3. The summed E-state index contributed by atoms with van der Waals surface area (Å²) in [7, 11) is 0. The lowest BCUT2D eigenvalue weighted by Gasteiger charge is -2.27. The number of rotatable bonds is 3. The number of aromatic nitrogens is 2. The highest BCUT2D eigenvalue weighted by Crippen LogP contribution is 2.42. The lowest BCUT2D eigenvalue weighted by atomic mass is 9.89. The van der Waals surface area contributed by atoms with Gasteiger partial charge < -0.3 is 9.73 Å². The second-order valence-electron chi connectivity index (χ2n) is 7.05. The van der Waals surface area contributed by atoms with Gasteiger partial charge >= 0.3 is 0 Å². The number of nitrogens with one attached hydrogen (secondary N) is 1. The Morgan fingerprint density at radius 3 is 2.79 bits per heavy atom. The van der Waals surface area contributed by atoms with E-state index in [2.05, 4.69) is 16.9 Å². The number of furan rings is 1. The summed E-state index contributed by atoms with van der Waals surface area (Å²) in [6, 6.07) is 4.44. The van der Waals surface area contributed by atoms with Crippen molar-refractivity contribution in [1.82, 2.24) is 9.78 Å². The average Bonchev–Trinajstić information content (AvgIpc) is 3.20. The van der Waals surface area contributed by atoms with Crippen molar-refractivity contribution in [1.29, 1.82) is 0 Å². The van der Waals surface area contributed by atoms with Gasteiger partial charge in [-0.3, -0.25) is 4.79 Å². The van der Waals surface area contributed by atoms with Crippen LogP contribution in [0.4, 0.5) is 5.82 Å². The molecule has 0 aromatic carbocycles. The molecule has 1 N–H and O–H groups in total. The Morgan fingerprint density at radius 1 is 1.29 bits per heavy atom. The van der Waals surface area contributed by atoms with Crippen LogP contribution in [0, 0.1) is 6.92 Å². The fraction of sp³-hybridized carbons (Fsp3) is 0.579. The standard InChI is InChI=1S/C19H25N3O2/c1-3-14-9-10-16(24-14)15-11-17(23)20-19-18(15)12(2)21-22(19)13-7-5-4-6-8-13/h9-10,13,15H,3-8,11H2,1-2H3,(H,20,23)/t15-/m1/s1. The van der Waals surface area contributed by atoms with Crippen molar-refractivity contribution < 1.29 is 9.21 Å². The van der Waals surface area contributed by atoms with Crippen LogP contribution in [0.2, 0.25) is 0 Å². The van der Waals surface area contributed by atoms with Gasteiger partial charge in [-0.2, -0.15) is 5.10 Å². The zero-order chi connectivity index (χ0) is 16.7. The molecular weight excluding hydrogens is 302 g/mol. The molecule has 1 fully saturated rings. The van der Waals surface area contributed by atoms with E-state index >= 15 is 0 Å². The summed E-state index contributed by atoms with van der Waals surface area (Å²) in [6.07, 6.45) is 7.39. The van der Waals surface area contributed by atoms with Crippen LogP contribution in [0.25, 0.3) is 0 Å². The molecule has 0 unspecified atom stereocenters. The smallest absolute Gasteiger partial charge is 0.226 e. The van der Waals surface area contributed by atoms with Crippen LogP contribution in [0.15, 0.2) is 16.5 Å². The Balaban J connectivity index is 1.76. The Kier molecular flexibility index (Phi) is 3.94. The molecule has 3 heterocycles. The molecule has 1 amide bonds. The van der Waals surface area contributed by atoms with Gasteiger partial charge in [-0.1, -0.05) is 26.2 Å². The Labute approximate surface area is 142 Å². The largest absolute Gasteiger partial charge is 0.465 e. The van der Waals surface area contributed by atoms with E-state index in [1.54, 1.807) is 0 Å². The van der Waals surface area contributed by atoms with Gasteiger partial charge in [0.25, 0.3) is 0 Å². The second kappa shape index (κ2) is 6.11. The van der Waals surface area contributed by atoms with Gasteiger partial charge in [-0.25, -0.2) is 4.68 Å². The third-order valence-electron chi connectivity index (χ3n) is 5.42. The van der Waals surface area contributed by atoms with E-state index in [-0.39, 0.29) is 11.8 Å². The maximum Gasteiger partial charge on any atom is 0.226 e. The molecule has 5 nitrogen and oxygen atoms in total. The number of carbonyl (C=O) groups excluding carboxylic acids is 1. The summed E-state index contributed by atoms with van der Waals surface area (Å²) in [5, 5.41) is 7.90. The molecule has 1 aliphatic heterocycles. The molecule has 4 rings (SSSR count). The van der Waals surface area contributed by atoms with Gasteiger partial charge in [-0.15, -0.1) is 0 Å². The number of carbonyl (C=O) groups is 1. The fourth-order valence-corrected chi connectivity index (χ4v) is 4.18. The van der Waals surface area contributed by atoms with Crippen molar-refractivity contribution in [3.8, 4) is 0 Å². The van der Waals surface area contributed by atoms with Gasteiger partial charge in [-0.05, 0) is 31.9 Å². The molecule has 1 aliphatic carbocycles. The Bertz CT molecular complexity index is 753. The minimum Gasteiger partial charge on any atom is -0.465 e. The van der Waals surface area contributed by atoms with Crippen LogP contribution >= 0.6 is 0 Å². The molecule has 0 saturated heterocycles. The van der Waals surface area contributed by atoms with Crippen LogP contribution in [0.1, 0.15) is 80.2 Å². The highest BCUT2D eigenvalue weighted by Gasteiger charge is 2.35. The minimum absolute atomic E-state index is 0.0219. The highest BCUT2D eigenvalue weighted by molar-refractivity contribution is 5.94. The summed E-state index contributed by atoms with van der Waals surface area (Å²) in [4.78, 5) is 12.3. The van der Waals surface area contributed by atoms with E-state index in [1.807, 2.05) is 19.1 Å². The first-order valence-corrected chi connectivity index (χ1v) is 9.14. The summed E-state index contributed by atoms with van der Waals surface area (Å²) < 4.78 is 8.05. The predicted octanol–water partition coefficient (Wildman–Crippen LogP) is 4.33. The van der Waals surface area contributed by atoms with Crippen molar-refractivity contribution in [3.05, 3.63) is 34.9 Å². The van der Waals surface area contributed by atoms with E-state index in [1.165, 1.54) is 19.3 Å². The van der Waals surface area contributed by atoms with Crippen LogP contribution in [-0.2, 0) is 11.2 Å². The first kappa shape index (κ1) is 15.5. The van der Waals surface area contributed by atoms with Gasteiger partial charge in [0.2, 0.25) is 5.91 Å². The average molecular weight is 327 g/mol. The molecule has 0 spiro atoms. The molecule has 1 saturated carbocycles. The first-order valence-electron chi connectivity index (χ1n) is 9.14. The zero-order valence-electron chi connectivity index (χ0n) is 14.5. The lowest BCUT2D eigenvalue weighted by Crippen LogP contribution is -2.26. The molecule has 0 bridgehead atoms. The summed E-state index contributed by atoms with van der Waals surface area (Å²) in [5.41, 5.74) is 2.15. The van der Waals surface area contributed by atoms with Gasteiger partial charge in [0, 0.05) is 18.4 Å². The van der Waals surface area contributed by atoms with Crippen molar-refractivity contribution in [2.75, 3.05) is 5.32 Å². The third-order valence-corrected chi connectivity index (χ3v) is 5.42. The van der Waals surface area contributed by atoms with Crippen molar-refractivity contribution in [2.45, 2.75) is 70.8 Å². The van der Waals surface area contributed by atoms with Gasteiger partial charge in [0.15, 0.2) is 0 Å². The number of amides is 1. The normalized spacial score (nSPS) is 21.6. The molecule has 2 aromatic heterocycles. The van der Waals surface area contributed by atoms with E-state index in [0.717, 1.165) is 47.9 Å². The highest BCUT2D eigenvalue weighted by atomic mass is 16.3. The fourth-order valence-electron chi connectivity index (χ4n) is 4.18. The summed E-state index contributed by atoms with van der Waals surface area (Å²) in [5.74, 6) is 2.78. The quantitative estimate of drug-likeness (QED) is 0.913. The Morgan fingerprint density at radius 2 is 2.08 bits per heavy atom. The van der Waals surface area contributed by atoms with Crippen molar-refractivity contribution >= 4 is 11.7 Å². The predicted molar refractivity (Wildman–Crippen MR) is 92.3 cm³/mol. The summed E-state index contributed by atoms with van der Waals surface area (Å²) >= 11 is 0. The third kappa shape index (κ3) is 2.56. The monoisotopic (exact) mass is 327 g/mol. The molecule has 128 valence electrons. The van der Waals surface area contributed by atoms with Crippen molar-refractivity contribution in [2.24, 2.45) is 0 Å². The topological polar surface area (TPSA) is 60.1 Å². The SMILES string of the molecule is CCc1ccc([C@H]2CC(=O)Nc3c2c(C)nn3C2CCCCC2)o1. The molecule has 0 radical (unpaired) electrons. The number of fused-ring (bicyclic) bond motifs is 1. The molecular formula is C19H25N3O2. The summed E-state index contributed by atoms with van der Waals surface area (Å²) in [6.45, 7) is 4.13. The molecule has 1 atom stereocenters. The molecule has 5 heteroatoms. The molecule has 24 heavy (non-hydrogen) atoms. The van der Waals surface area contributed by atoms with Crippen LogP contribution in [0.5, 0.6) is 0 Å². The number of hydrogen-bond donors (Lipinski definition) is 1. The molecule has 2 aliphatic rings. The van der Waals surface area contributed by atoms with Crippen LogP contribution < -0.4 is 5.32 Å². The Hall–Kier alpha value is -2.04. The lowest BCUT2D eigenvalue weighted by molar-refractivity contribution is -0.116. The van der Waals surface area contributed by atoms with E-state index in [9.17, 15) is 4.79 Å². The number of anilines is 1. The van der Waals surface area contributed by atoms with E-state index < -0.39 is 0 Å². The van der Waals surface area contributed by atoms with Gasteiger partial charge in [0.1, 0.15) is 17.3 Å². The van der Waals surface area contributed by atoms with E-state index in [4.69, 9.17) is 9.52 Å². The van der Waals surface area contributed by atoms with Crippen LogP contribution in [0.3, 0.4) is 0 Å². The molecule has 2 aromatic rings. The van der Waals surface area contributed by atoms with E-state index in [0.29, 0.717) is 12.5 Å². The maximum absolute atomic E-state index is 12.3. The second-order valence-corrected chi connectivity index (χ2v) is 7.05. The maximum atomic E-state index is 12.3. The number of nitrogens with zero attached hydrogens (tertiary/aromatic N) is 2. The minimum atomic E-state index is -0.0219. The number of aryl methyl sites for hydroxylation is 2.